The fourth-order valence-electron chi connectivity index (χ4n) is 2.64. The highest BCUT2D eigenvalue weighted by atomic mass is 16.3. The van der Waals surface area contributed by atoms with E-state index >= 15 is 0 Å². The number of hydrogen-bond acceptors (Lipinski definition) is 4. The van der Waals surface area contributed by atoms with Crippen LogP contribution in [0.1, 0.15) is 18.7 Å². The van der Waals surface area contributed by atoms with E-state index in [2.05, 4.69) is 10.00 Å². The summed E-state index contributed by atoms with van der Waals surface area (Å²) in [5.74, 6) is 1.11. The predicted molar refractivity (Wildman–Crippen MR) is 77.5 cm³/mol. The normalized spacial score (nSPS) is 17.9. The maximum Gasteiger partial charge on any atom is 0.247 e. The zero-order valence-corrected chi connectivity index (χ0v) is 12.2. The second-order valence-corrected chi connectivity index (χ2v) is 5.34. The van der Waals surface area contributed by atoms with Gasteiger partial charge < -0.3 is 9.32 Å². The Balaban J connectivity index is 1.52. The monoisotopic (exact) mass is 288 g/mol. The molecule has 1 fully saturated rings. The highest BCUT2D eigenvalue weighted by Crippen LogP contribution is 2.13. The van der Waals surface area contributed by atoms with Gasteiger partial charge in [0.05, 0.1) is 12.8 Å². The van der Waals surface area contributed by atoms with Crippen molar-refractivity contribution in [3.63, 3.8) is 0 Å². The highest BCUT2D eigenvalue weighted by Gasteiger charge is 2.26. The molecule has 0 saturated carbocycles. The second-order valence-electron chi connectivity index (χ2n) is 5.34. The summed E-state index contributed by atoms with van der Waals surface area (Å²) in [6.45, 7) is 5.96. The Labute approximate surface area is 123 Å². The van der Waals surface area contributed by atoms with Crippen LogP contribution in [0, 0.1) is 0 Å². The molecule has 1 amide bonds. The summed E-state index contributed by atoms with van der Waals surface area (Å²) in [7, 11) is 0. The Kier molecular flexibility index (Phi) is 4.06. The van der Waals surface area contributed by atoms with Crippen LogP contribution in [-0.2, 0) is 11.3 Å². The minimum atomic E-state index is -0.239. The number of furan rings is 1. The van der Waals surface area contributed by atoms with Crippen molar-refractivity contribution in [3.8, 4) is 0 Å². The van der Waals surface area contributed by atoms with Crippen molar-refractivity contribution in [2.75, 3.05) is 26.2 Å². The van der Waals surface area contributed by atoms with Crippen LogP contribution in [0.15, 0.2) is 41.3 Å². The van der Waals surface area contributed by atoms with Crippen LogP contribution in [0.25, 0.3) is 0 Å². The van der Waals surface area contributed by atoms with Crippen molar-refractivity contribution in [2.45, 2.75) is 19.5 Å². The van der Waals surface area contributed by atoms with Gasteiger partial charge in [-0.05, 0) is 25.1 Å². The summed E-state index contributed by atoms with van der Waals surface area (Å²) >= 11 is 0. The molecule has 1 aliphatic rings. The largest absolute Gasteiger partial charge is 0.468 e. The molecule has 6 nitrogen and oxygen atoms in total. The van der Waals surface area contributed by atoms with Crippen LogP contribution in [0.2, 0.25) is 0 Å². The van der Waals surface area contributed by atoms with Crippen molar-refractivity contribution in [1.29, 1.82) is 0 Å². The topological polar surface area (TPSA) is 54.5 Å². The van der Waals surface area contributed by atoms with Gasteiger partial charge in [-0.25, -0.2) is 0 Å². The van der Waals surface area contributed by atoms with Gasteiger partial charge in [0.2, 0.25) is 5.91 Å². The van der Waals surface area contributed by atoms with Gasteiger partial charge in [0, 0.05) is 38.6 Å². The van der Waals surface area contributed by atoms with E-state index in [4.69, 9.17) is 4.42 Å². The van der Waals surface area contributed by atoms with E-state index in [0.29, 0.717) is 0 Å². The van der Waals surface area contributed by atoms with E-state index in [1.54, 1.807) is 17.1 Å². The van der Waals surface area contributed by atoms with Crippen LogP contribution in [-0.4, -0.2) is 51.7 Å². The fraction of sp³-hybridized carbons (Fsp3) is 0.467. The lowest BCUT2D eigenvalue weighted by molar-refractivity contribution is -0.136. The SMILES string of the molecule is CC(C(=O)N1CCN(Cc2ccco2)CC1)n1cccn1. The van der Waals surface area contributed by atoms with Gasteiger partial charge in [0.25, 0.3) is 0 Å². The van der Waals surface area contributed by atoms with E-state index in [0.717, 1.165) is 38.5 Å². The molecule has 3 heterocycles. The first kappa shape index (κ1) is 13.9. The van der Waals surface area contributed by atoms with E-state index in [1.807, 2.05) is 36.2 Å². The zero-order valence-electron chi connectivity index (χ0n) is 12.2. The Hall–Kier alpha value is -2.08. The molecular weight excluding hydrogens is 268 g/mol. The number of amides is 1. The summed E-state index contributed by atoms with van der Waals surface area (Å²) < 4.78 is 7.07. The molecule has 3 rings (SSSR count). The summed E-state index contributed by atoms with van der Waals surface area (Å²) in [6.07, 6.45) is 5.22. The quantitative estimate of drug-likeness (QED) is 0.853. The van der Waals surface area contributed by atoms with E-state index in [1.165, 1.54) is 0 Å². The van der Waals surface area contributed by atoms with Gasteiger partial charge >= 0.3 is 0 Å². The average Bonchev–Trinajstić information content (AvgIpc) is 3.20. The number of nitrogens with zero attached hydrogens (tertiary/aromatic N) is 4. The second kappa shape index (κ2) is 6.13. The highest BCUT2D eigenvalue weighted by molar-refractivity contribution is 5.80. The molecule has 21 heavy (non-hydrogen) atoms. The lowest BCUT2D eigenvalue weighted by Crippen LogP contribution is -2.49. The molecule has 0 spiro atoms. The maximum atomic E-state index is 12.4. The van der Waals surface area contributed by atoms with Crippen LogP contribution in [0.3, 0.4) is 0 Å². The third-order valence-corrected chi connectivity index (χ3v) is 3.92. The van der Waals surface area contributed by atoms with Crippen molar-refractivity contribution >= 4 is 5.91 Å². The molecule has 1 saturated heterocycles. The zero-order chi connectivity index (χ0) is 14.7. The first-order valence-electron chi connectivity index (χ1n) is 7.26. The maximum absolute atomic E-state index is 12.4. The van der Waals surface area contributed by atoms with Crippen LogP contribution >= 0.6 is 0 Å². The van der Waals surface area contributed by atoms with Crippen molar-refractivity contribution in [1.82, 2.24) is 19.6 Å². The molecule has 0 aliphatic carbocycles. The smallest absolute Gasteiger partial charge is 0.247 e. The van der Waals surface area contributed by atoms with Crippen molar-refractivity contribution in [2.24, 2.45) is 0 Å². The molecule has 1 unspecified atom stereocenters. The van der Waals surface area contributed by atoms with Crippen LogP contribution < -0.4 is 0 Å². The van der Waals surface area contributed by atoms with Crippen molar-refractivity contribution < 1.29 is 9.21 Å². The summed E-state index contributed by atoms with van der Waals surface area (Å²) in [4.78, 5) is 16.7. The van der Waals surface area contributed by atoms with Crippen molar-refractivity contribution in [3.05, 3.63) is 42.6 Å². The fourth-order valence-corrected chi connectivity index (χ4v) is 2.64. The van der Waals surface area contributed by atoms with Gasteiger partial charge in [0.15, 0.2) is 0 Å². The van der Waals surface area contributed by atoms with Gasteiger partial charge in [-0.2, -0.15) is 5.10 Å². The number of hydrogen-bond donors (Lipinski definition) is 0. The summed E-state index contributed by atoms with van der Waals surface area (Å²) in [6, 6.07) is 5.49. The first-order valence-corrected chi connectivity index (χ1v) is 7.26. The number of aromatic nitrogens is 2. The molecule has 0 N–H and O–H groups in total. The number of piperazine rings is 1. The lowest BCUT2D eigenvalue weighted by Gasteiger charge is -2.35. The third kappa shape index (κ3) is 3.16. The Morgan fingerprint density at radius 3 is 2.76 bits per heavy atom. The van der Waals surface area contributed by atoms with Crippen LogP contribution in [0.5, 0.6) is 0 Å². The Morgan fingerprint density at radius 2 is 2.14 bits per heavy atom. The molecule has 2 aromatic rings. The Morgan fingerprint density at radius 1 is 1.33 bits per heavy atom. The van der Waals surface area contributed by atoms with E-state index in [9.17, 15) is 4.79 Å². The van der Waals surface area contributed by atoms with Gasteiger partial charge in [0.1, 0.15) is 11.8 Å². The summed E-state index contributed by atoms with van der Waals surface area (Å²) in [5, 5.41) is 4.14. The molecule has 1 aliphatic heterocycles. The van der Waals surface area contributed by atoms with Crippen LogP contribution in [0.4, 0.5) is 0 Å². The molecule has 2 aromatic heterocycles. The molecule has 0 radical (unpaired) electrons. The predicted octanol–water partition coefficient (Wildman–Crippen LogP) is 1.38. The molecule has 1 atom stereocenters. The average molecular weight is 288 g/mol. The van der Waals surface area contributed by atoms with E-state index in [-0.39, 0.29) is 11.9 Å². The summed E-state index contributed by atoms with van der Waals surface area (Å²) in [5.41, 5.74) is 0. The van der Waals surface area contributed by atoms with Gasteiger partial charge in [-0.3, -0.25) is 14.4 Å². The minimum absolute atomic E-state index is 0.136. The van der Waals surface area contributed by atoms with E-state index < -0.39 is 0 Å². The number of carbonyl (C=O) groups excluding carboxylic acids is 1. The third-order valence-electron chi connectivity index (χ3n) is 3.92. The standard InChI is InChI=1S/C15H20N4O2/c1-13(19-6-3-5-16-19)15(20)18-9-7-17(8-10-18)12-14-4-2-11-21-14/h2-6,11,13H,7-10,12H2,1H3. The van der Waals surface area contributed by atoms with Gasteiger partial charge in [-0.1, -0.05) is 0 Å². The number of carbonyl (C=O) groups is 1. The molecular formula is C15H20N4O2. The molecule has 0 aromatic carbocycles. The minimum Gasteiger partial charge on any atom is -0.468 e. The molecule has 0 bridgehead atoms. The first-order chi connectivity index (χ1) is 10.2. The molecule has 6 heteroatoms. The van der Waals surface area contributed by atoms with Gasteiger partial charge in [-0.15, -0.1) is 0 Å². The Bertz CT molecular complexity index is 557. The number of rotatable bonds is 4. The molecule has 112 valence electrons. The lowest BCUT2D eigenvalue weighted by atomic mass is 10.2.